The number of carbonyl (C=O) groups is 1. The first kappa shape index (κ1) is 12.2. The lowest BCUT2D eigenvalue weighted by Gasteiger charge is -2.31. The fourth-order valence-corrected chi connectivity index (χ4v) is 3.69. The van der Waals surface area contributed by atoms with Gasteiger partial charge in [0.2, 0.25) is 0 Å². The molecule has 2 aliphatic heterocycles. The van der Waals surface area contributed by atoms with Crippen molar-refractivity contribution in [3.05, 3.63) is 34.3 Å². The summed E-state index contributed by atoms with van der Waals surface area (Å²) < 4.78 is 6.75. The van der Waals surface area contributed by atoms with Crippen LogP contribution in [0.5, 0.6) is 0 Å². The molecule has 3 rings (SSSR count). The van der Waals surface area contributed by atoms with Gasteiger partial charge < -0.3 is 9.84 Å². The monoisotopic (exact) mass is 310 g/mol. The molecule has 2 heterocycles. The standard InChI is InChI=1S/C14H15BrO3/c15-11-4-2-1-3-9(11)7-14(13(16)17)8-10-5-6-12(14)18-10/h1-4,10,12H,5-8H2,(H,16,17). The van der Waals surface area contributed by atoms with Crippen LogP contribution in [0.4, 0.5) is 0 Å². The molecule has 3 nitrogen and oxygen atoms in total. The van der Waals surface area contributed by atoms with Crippen molar-refractivity contribution in [3.63, 3.8) is 0 Å². The van der Waals surface area contributed by atoms with E-state index in [0.717, 1.165) is 22.9 Å². The molecular weight excluding hydrogens is 296 g/mol. The van der Waals surface area contributed by atoms with E-state index in [4.69, 9.17) is 4.74 Å². The number of rotatable bonds is 3. The number of hydrogen-bond acceptors (Lipinski definition) is 2. The molecule has 0 aliphatic carbocycles. The Kier molecular flexibility index (Phi) is 2.94. The van der Waals surface area contributed by atoms with Crippen LogP contribution in [0.2, 0.25) is 0 Å². The van der Waals surface area contributed by atoms with Crippen molar-refractivity contribution >= 4 is 21.9 Å². The van der Waals surface area contributed by atoms with Gasteiger partial charge in [0.05, 0.1) is 12.2 Å². The summed E-state index contributed by atoms with van der Waals surface area (Å²) in [5.41, 5.74) is 0.323. The van der Waals surface area contributed by atoms with Crippen LogP contribution in [-0.2, 0) is 16.0 Å². The maximum Gasteiger partial charge on any atom is 0.312 e. The molecule has 0 aromatic heterocycles. The van der Waals surface area contributed by atoms with Crippen LogP contribution in [0.15, 0.2) is 28.7 Å². The Morgan fingerprint density at radius 1 is 1.44 bits per heavy atom. The zero-order valence-corrected chi connectivity index (χ0v) is 11.5. The molecular formula is C14H15BrO3. The fourth-order valence-electron chi connectivity index (χ4n) is 3.27. The van der Waals surface area contributed by atoms with Gasteiger partial charge in [-0.3, -0.25) is 4.79 Å². The first-order valence-corrected chi connectivity index (χ1v) is 7.03. The zero-order chi connectivity index (χ0) is 12.8. The largest absolute Gasteiger partial charge is 0.481 e. The van der Waals surface area contributed by atoms with Crippen molar-refractivity contribution in [1.82, 2.24) is 0 Å². The van der Waals surface area contributed by atoms with Gasteiger partial charge in [-0.2, -0.15) is 0 Å². The molecule has 0 saturated carbocycles. The van der Waals surface area contributed by atoms with E-state index in [1.54, 1.807) is 0 Å². The predicted octanol–water partition coefficient (Wildman–Crippen LogP) is 3.01. The Balaban J connectivity index is 1.93. The average molecular weight is 311 g/mol. The van der Waals surface area contributed by atoms with E-state index in [-0.39, 0.29) is 12.2 Å². The number of aliphatic carboxylic acids is 1. The van der Waals surface area contributed by atoms with E-state index in [1.807, 2.05) is 24.3 Å². The Morgan fingerprint density at radius 3 is 2.78 bits per heavy atom. The Bertz CT molecular complexity index is 488. The lowest BCUT2D eigenvalue weighted by Crippen LogP contribution is -2.42. The molecule has 3 unspecified atom stereocenters. The van der Waals surface area contributed by atoms with E-state index in [1.165, 1.54) is 0 Å². The summed E-state index contributed by atoms with van der Waals surface area (Å²) in [4.78, 5) is 11.7. The molecule has 1 aromatic rings. The molecule has 2 bridgehead atoms. The van der Waals surface area contributed by atoms with Gasteiger partial charge in [0, 0.05) is 4.47 Å². The molecule has 1 aromatic carbocycles. The highest BCUT2D eigenvalue weighted by Crippen LogP contribution is 2.50. The highest BCUT2D eigenvalue weighted by Gasteiger charge is 2.57. The van der Waals surface area contributed by atoms with Crippen LogP contribution in [0.1, 0.15) is 24.8 Å². The van der Waals surface area contributed by atoms with Crippen molar-refractivity contribution in [1.29, 1.82) is 0 Å². The second-order valence-electron chi connectivity index (χ2n) is 5.26. The first-order chi connectivity index (χ1) is 8.62. The number of ether oxygens (including phenoxy) is 1. The third-order valence-electron chi connectivity index (χ3n) is 4.21. The molecule has 96 valence electrons. The van der Waals surface area contributed by atoms with Gasteiger partial charge >= 0.3 is 5.97 Å². The Labute approximate surface area is 114 Å². The minimum atomic E-state index is -0.729. The van der Waals surface area contributed by atoms with Crippen LogP contribution >= 0.6 is 15.9 Å². The van der Waals surface area contributed by atoms with E-state index in [2.05, 4.69) is 15.9 Å². The molecule has 4 heteroatoms. The number of benzene rings is 1. The van der Waals surface area contributed by atoms with Gasteiger partial charge in [0.15, 0.2) is 0 Å². The van der Waals surface area contributed by atoms with Gasteiger partial charge in [0.25, 0.3) is 0 Å². The fraction of sp³-hybridized carbons (Fsp3) is 0.500. The first-order valence-electron chi connectivity index (χ1n) is 6.24. The summed E-state index contributed by atoms with van der Waals surface area (Å²) in [5.74, 6) is -0.717. The lowest BCUT2D eigenvalue weighted by molar-refractivity contribution is -0.152. The number of hydrogen-bond donors (Lipinski definition) is 1. The molecule has 1 N–H and O–H groups in total. The highest BCUT2D eigenvalue weighted by molar-refractivity contribution is 9.10. The number of fused-ring (bicyclic) bond motifs is 2. The molecule has 2 fully saturated rings. The molecule has 3 atom stereocenters. The average Bonchev–Trinajstić information content (AvgIpc) is 2.93. The predicted molar refractivity (Wildman–Crippen MR) is 70.4 cm³/mol. The van der Waals surface area contributed by atoms with Gasteiger partial charge in [-0.1, -0.05) is 34.1 Å². The summed E-state index contributed by atoms with van der Waals surface area (Å²) in [6.45, 7) is 0. The normalized spacial score (nSPS) is 33.8. The van der Waals surface area contributed by atoms with Crippen LogP contribution in [-0.4, -0.2) is 23.3 Å². The van der Waals surface area contributed by atoms with Gasteiger partial charge in [-0.15, -0.1) is 0 Å². The number of halogens is 1. The maximum absolute atomic E-state index is 11.7. The van der Waals surface area contributed by atoms with E-state index < -0.39 is 11.4 Å². The molecule has 0 radical (unpaired) electrons. The minimum Gasteiger partial charge on any atom is -0.481 e. The highest BCUT2D eigenvalue weighted by atomic mass is 79.9. The van der Waals surface area contributed by atoms with Crippen molar-refractivity contribution in [2.45, 2.75) is 37.9 Å². The third-order valence-corrected chi connectivity index (χ3v) is 4.98. The maximum atomic E-state index is 11.7. The van der Waals surface area contributed by atoms with Crippen molar-refractivity contribution in [2.24, 2.45) is 5.41 Å². The lowest BCUT2D eigenvalue weighted by atomic mass is 9.70. The summed E-state index contributed by atoms with van der Waals surface area (Å²) in [5, 5.41) is 9.64. The van der Waals surface area contributed by atoms with Crippen LogP contribution in [0, 0.1) is 5.41 Å². The Hall–Kier alpha value is -0.870. The smallest absolute Gasteiger partial charge is 0.312 e. The third kappa shape index (κ3) is 1.79. The molecule has 18 heavy (non-hydrogen) atoms. The van der Waals surface area contributed by atoms with Crippen LogP contribution in [0.25, 0.3) is 0 Å². The van der Waals surface area contributed by atoms with Crippen molar-refractivity contribution in [2.75, 3.05) is 0 Å². The summed E-state index contributed by atoms with van der Waals surface area (Å²) in [7, 11) is 0. The molecule has 2 saturated heterocycles. The summed E-state index contributed by atoms with van der Waals surface area (Å²) >= 11 is 3.50. The van der Waals surface area contributed by atoms with E-state index in [9.17, 15) is 9.90 Å². The van der Waals surface area contributed by atoms with Crippen molar-refractivity contribution in [3.8, 4) is 0 Å². The SMILES string of the molecule is O=C(O)C1(Cc2ccccc2Br)CC2CCC1O2. The topological polar surface area (TPSA) is 46.5 Å². The second-order valence-corrected chi connectivity index (χ2v) is 6.11. The quantitative estimate of drug-likeness (QED) is 0.933. The molecule has 2 aliphatic rings. The van der Waals surface area contributed by atoms with Crippen LogP contribution < -0.4 is 0 Å². The van der Waals surface area contributed by atoms with Gasteiger partial charge in [-0.25, -0.2) is 0 Å². The van der Waals surface area contributed by atoms with E-state index >= 15 is 0 Å². The zero-order valence-electron chi connectivity index (χ0n) is 9.93. The summed E-state index contributed by atoms with van der Waals surface area (Å²) in [6, 6.07) is 7.84. The minimum absolute atomic E-state index is 0.118. The second kappa shape index (κ2) is 4.35. The molecule has 0 amide bonds. The van der Waals surface area contributed by atoms with Crippen LogP contribution in [0.3, 0.4) is 0 Å². The molecule has 0 spiro atoms. The number of carboxylic acid groups (broad SMARTS) is 1. The summed E-state index contributed by atoms with van der Waals surface area (Å²) in [6.07, 6.45) is 3.11. The number of carboxylic acids is 1. The van der Waals surface area contributed by atoms with Gasteiger partial charge in [0.1, 0.15) is 5.41 Å². The Morgan fingerprint density at radius 2 is 2.22 bits per heavy atom. The van der Waals surface area contributed by atoms with Gasteiger partial charge in [-0.05, 0) is 37.3 Å². The van der Waals surface area contributed by atoms with E-state index in [0.29, 0.717) is 12.8 Å². The van der Waals surface area contributed by atoms with Crippen molar-refractivity contribution < 1.29 is 14.6 Å².